The molecule has 1 aromatic heterocycles. The molecule has 3 heterocycles. The van der Waals surface area contributed by atoms with Crippen molar-refractivity contribution in [1.82, 2.24) is 10.3 Å². The molecule has 1 amide bonds. The molecule has 0 aliphatic carbocycles. The predicted octanol–water partition coefficient (Wildman–Crippen LogP) is -0.188. The van der Waals surface area contributed by atoms with Crippen LogP contribution in [0.2, 0.25) is 0 Å². The van der Waals surface area contributed by atoms with Crippen molar-refractivity contribution in [2.24, 2.45) is 0 Å². The van der Waals surface area contributed by atoms with Crippen LogP contribution in [-0.2, 0) is 4.79 Å². The fourth-order valence-corrected chi connectivity index (χ4v) is 1.96. The number of nitrogens with zero attached hydrogens (tertiary/aromatic N) is 2. The first-order chi connectivity index (χ1) is 7.34. The summed E-state index contributed by atoms with van der Waals surface area (Å²) in [4.78, 5) is 17.8. The summed E-state index contributed by atoms with van der Waals surface area (Å²) in [5.41, 5.74) is 1.03. The summed E-state index contributed by atoms with van der Waals surface area (Å²) in [6.45, 7) is 2.33. The zero-order valence-electron chi connectivity index (χ0n) is 8.23. The number of pyridine rings is 1. The van der Waals surface area contributed by atoms with E-state index in [1.165, 1.54) is 0 Å². The molecule has 0 bridgehead atoms. The van der Waals surface area contributed by atoms with Crippen LogP contribution in [0.4, 0.5) is 11.5 Å². The lowest BCUT2D eigenvalue weighted by Gasteiger charge is -2.41. The number of carbonyl (C=O) groups is 1. The number of fused-ring (bicyclic) bond motifs is 1. The second-order valence-corrected chi connectivity index (χ2v) is 3.86. The van der Waals surface area contributed by atoms with Gasteiger partial charge >= 0.3 is 0 Å². The largest absolute Gasteiger partial charge is 0.354 e. The maximum Gasteiger partial charge on any atom is 0.245 e. The summed E-state index contributed by atoms with van der Waals surface area (Å²) in [7, 11) is 0. The number of carbonyl (C=O) groups excluding carboxylic acids is 1. The summed E-state index contributed by atoms with van der Waals surface area (Å²) < 4.78 is 0. The van der Waals surface area contributed by atoms with Crippen molar-refractivity contribution in [3.63, 3.8) is 0 Å². The monoisotopic (exact) mass is 204 g/mol. The maximum atomic E-state index is 11.5. The van der Waals surface area contributed by atoms with Gasteiger partial charge in [0.2, 0.25) is 5.91 Å². The molecule has 5 heteroatoms. The molecule has 0 radical (unpaired) electrons. The standard InChI is InChI=1S/C10H12N4O/c15-9-6-14(7-4-11-5-7)8-2-1-3-12-10(8)13-9/h1-3,7,11H,4-6H2,(H,12,13,15). The Balaban J connectivity index is 1.98. The summed E-state index contributed by atoms with van der Waals surface area (Å²) in [6.07, 6.45) is 1.70. The van der Waals surface area contributed by atoms with Crippen LogP contribution in [0.5, 0.6) is 0 Å². The molecule has 0 saturated carbocycles. The molecule has 2 aliphatic rings. The fraction of sp³-hybridized carbons (Fsp3) is 0.400. The van der Waals surface area contributed by atoms with E-state index in [0.717, 1.165) is 18.8 Å². The van der Waals surface area contributed by atoms with E-state index in [0.29, 0.717) is 18.4 Å². The first-order valence-corrected chi connectivity index (χ1v) is 5.07. The molecule has 3 rings (SSSR count). The Hall–Kier alpha value is -1.62. The van der Waals surface area contributed by atoms with Gasteiger partial charge in [-0.25, -0.2) is 4.98 Å². The zero-order chi connectivity index (χ0) is 10.3. The number of amides is 1. The molecule has 0 unspecified atom stereocenters. The molecule has 0 atom stereocenters. The van der Waals surface area contributed by atoms with Crippen LogP contribution in [0.1, 0.15) is 0 Å². The Bertz CT molecular complexity index is 402. The molecule has 5 nitrogen and oxygen atoms in total. The van der Waals surface area contributed by atoms with Gasteiger partial charge in [0.05, 0.1) is 18.3 Å². The molecule has 0 aromatic carbocycles. The van der Waals surface area contributed by atoms with Crippen LogP contribution >= 0.6 is 0 Å². The number of hydrogen-bond donors (Lipinski definition) is 2. The highest BCUT2D eigenvalue weighted by molar-refractivity contribution is 6.00. The second-order valence-electron chi connectivity index (χ2n) is 3.86. The van der Waals surface area contributed by atoms with E-state index in [9.17, 15) is 4.79 Å². The molecule has 2 aliphatic heterocycles. The molecule has 0 spiro atoms. The van der Waals surface area contributed by atoms with E-state index in [4.69, 9.17) is 0 Å². The van der Waals surface area contributed by atoms with Crippen LogP contribution in [0.3, 0.4) is 0 Å². The number of nitrogens with one attached hydrogen (secondary N) is 2. The van der Waals surface area contributed by atoms with Crippen LogP contribution in [0.25, 0.3) is 0 Å². The minimum Gasteiger partial charge on any atom is -0.354 e. The van der Waals surface area contributed by atoms with E-state index < -0.39 is 0 Å². The van der Waals surface area contributed by atoms with Gasteiger partial charge in [-0.1, -0.05) is 0 Å². The van der Waals surface area contributed by atoms with Gasteiger partial charge in [-0.2, -0.15) is 0 Å². The van der Waals surface area contributed by atoms with Gasteiger partial charge in [-0.15, -0.1) is 0 Å². The van der Waals surface area contributed by atoms with Crippen molar-refractivity contribution in [3.05, 3.63) is 18.3 Å². The Kier molecular flexibility index (Phi) is 1.85. The minimum absolute atomic E-state index is 0.0214. The maximum absolute atomic E-state index is 11.5. The highest BCUT2D eigenvalue weighted by atomic mass is 16.2. The van der Waals surface area contributed by atoms with Crippen molar-refractivity contribution in [3.8, 4) is 0 Å². The number of aromatic nitrogens is 1. The van der Waals surface area contributed by atoms with E-state index >= 15 is 0 Å². The molecule has 1 saturated heterocycles. The molecular weight excluding hydrogens is 192 g/mol. The molecule has 78 valence electrons. The first kappa shape index (κ1) is 8.67. The first-order valence-electron chi connectivity index (χ1n) is 5.07. The zero-order valence-corrected chi connectivity index (χ0v) is 8.23. The average molecular weight is 204 g/mol. The van der Waals surface area contributed by atoms with Crippen LogP contribution < -0.4 is 15.5 Å². The molecule has 15 heavy (non-hydrogen) atoms. The van der Waals surface area contributed by atoms with Gasteiger partial charge in [0.1, 0.15) is 0 Å². The van der Waals surface area contributed by atoms with Crippen LogP contribution in [0.15, 0.2) is 18.3 Å². The van der Waals surface area contributed by atoms with Gasteiger partial charge in [-0.3, -0.25) is 4.79 Å². The molecule has 1 aromatic rings. The Labute approximate surface area is 87.5 Å². The SMILES string of the molecule is O=C1CN(C2CNC2)c2cccnc2N1. The Morgan fingerprint density at radius 2 is 2.33 bits per heavy atom. The van der Waals surface area contributed by atoms with Crippen LogP contribution in [-0.4, -0.2) is 36.6 Å². The van der Waals surface area contributed by atoms with E-state index in [1.54, 1.807) is 6.20 Å². The molecular formula is C10H12N4O. The van der Waals surface area contributed by atoms with Crippen molar-refractivity contribution >= 4 is 17.4 Å². The van der Waals surface area contributed by atoms with E-state index in [2.05, 4.69) is 20.5 Å². The summed E-state index contributed by atoms with van der Waals surface area (Å²) >= 11 is 0. The summed E-state index contributed by atoms with van der Waals surface area (Å²) in [5, 5.41) is 5.99. The molecule has 1 fully saturated rings. The Morgan fingerprint density at radius 3 is 3.07 bits per heavy atom. The van der Waals surface area contributed by atoms with Gasteiger partial charge in [0.15, 0.2) is 5.82 Å². The highest BCUT2D eigenvalue weighted by Crippen LogP contribution is 2.28. The normalized spacial score (nSPS) is 20.5. The topological polar surface area (TPSA) is 57.3 Å². The third-order valence-electron chi connectivity index (χ3n) is 2.87. The minimum atomic E-state index is 0.0214. The predicted molar refractivity (Wildman–Crippen MR) is 56.9 cm³/mol. The number of hydrogen-bond acceptors (Lipinski definition) is 4. The van der Waals surface area contributed by atoms with Crippen molar-refractivity contribution in [2.45, 2.75) is 6.04 Å². The third kappa shape index (κ3) is 1.35. The van der Waals surface area contributed by atoms with E-state index in [-0.39, 0.29) is 5.91 Å². The average Bonchev–Trinajstić information content (AvgIpc) is 2.14. The smallest absolute Gasteiger partial charge is 0.245 e. The van der Waals surface area contributed by atoms with Crippen LogP contribution in [0, 0.1) is 0 Å². The van der Waals surface area contributed by atoms with Gasteiger partial charge in [0, 0.05) is 19.3 Å². The lowest BCUT2D eigenvalue weighted by Crippen LogP contribution is -2.60. The summed E-state index contributed by atoms with van der Waals surface area (Å²) in [5.74, 6) is 0.703. The van der Waals surface area contributed by atoms with Crippen molar-refractivity contribution in [2.75, 3.05) is 29.9 Å². The quantitative estimate of drug-likeness (QED) is 0.666. The van der Waals surface area contributed by atoms with Gasteiger partial charge in [0.25, 0.3) is 0 Å². The van der Waals surface area contributed by atoms with Crippen molar-refractivity contribution < 1.29 is 4.79 Å². The number of anilines is 2. The summed E-state index contributed by atoms with van der Waals surface area (Å²) in [6, 6.07) is 4.33. The fourth-order valence-electron chi connectivity index (χ4n) is 1.96. The lowest BCUT2D eigenvalue weighted by atomic mass is 10.1. The van der Waals surface area contributed by atoms with Gasteiger partial charge < -0.3 is 15.5 Å². The lowest BCUT2D eigenvalue weighted by molar-refractivity contribution is -0.115. The van der Waals surface area contributed by atoms with E-state index in [1.807, 2.05) is 12.1 Å². The highest BCUT2D eigenvalue weighted by Gasteiger charge is 2.31. The van der Waals surface area contributed by atoms with Gasteiger partial charge in [-0.05, 0) is 12.1 Å². The number of rotatable bonds is 1. The molecule has 2 N–H and O–H groups in total. The second kappa shape index (κ2) is 3.20. The van der Waals surface area contributed by atoms with Crippen molar-refractivity contribution in [1.29, 1.82) is 0 Å². The Morgan fingerprint density at radius 1 is 1.47 bits per heavy atom. The third-order valence-corrected chi connectivity index (χ3v) is 2.87.